The van der Waals surface area contributed by atoms with Gasteiger partial charge in [-0.1, -0.05) is 18.2 Å². The van der Waals surface area contributed by atoms with E-state index in [4.69, 9.17) is 0 Å². The molecule has 3 heterocycles. The largest absolute Gasteiger partial charge is 0.308 e. The number of amides is 1. The molecule has 0 aliphatic heterocycles. The van der Waals surface area contributed by atoms with Gasteiger partial charge < -0.3 is 5.32 Å². The van der Waals surface area contributed by atoms with Crippen LogP contribution in [-0.4, -0.2) is 35.6 Å². The summed E-state index contributed by atoms with van der Waals surface area (Å²) < 4.78 is 1.58. The lowest BCUT2D eigenvalue weighted by Crippen LogP contribution is -2.19. The highest BCUT2D eigenvalue weighted by Crippen LogP contribution is 2.22. The van der Waals surface area contributed by atoms with Gasteiger partial charge in [0.05, 0.1) is 11.9 Å². The zero-order chi connectivity index (χ0) is 18.5. The average Bonchev–Trinajstić information content (AvgIpc) is 3.18. The molecule has 0 saturated carbocycles. The van der Waals surface area contributed by atoms with Gasteiger partial charge >= 0.3 is 0 Å². The minimum Gasteiger partial charge on any atom is -0.308 e. The summed E-state index contributed by atoms with van der Waals surface area (Å²) >= 11 is 0. The molecule has 0 unspecified atom stereocenters. The second-order valence-electron chi connectivity index (χ2n) is 5.69. The first-order valence-electron chi connectivity index (χ1n) is 8.25. The molecule has 132 valence electrons. The van der Waals surface area contributed by atoms with Crippen molar-refractivity contribution in [3.63, 3.8) is 0 Å². The SMILES string of the molecule is O=C(Cn1ccc(-c2cccc(-c3ncccn3)c2)n1)Nc1cnccn1. The van der Waals surface area contributed by atoms with E-state index in [0.29, 0.717) is 11.6 Å². The van der Waals surface area contributed by atoms with E-state index in [9.17, 15) is 4.79 Å². The second-order valence-corrected chi connectivity index (χ2v) is 5.69. The van der Waals surface area contributed by atoms with Crippen LogP contribution in [0.2, 0.25) is 0 Å². The van der Waals surface area contributed by atoms with E-state index in [0.717, 1.165) is 16.8 Å². The van der Waals surface area contributed by atoms with Gasteiger partial charge in [-0.15, -0.1) is 0 Å². The fourth-order valence-electron chi connectivity index (χ4n) is 2.56. The van der Waals surface area contributed by atoms with Crippen LogP contribution in [0.25, 0.3) is 22.6 Å². The Balaban J connectivity index is 1.49. The Kier molecular flexibility index (Phi) is 4.60. The molecule has 8 nitrogen and oxygen atoms in total. The quantitative estimate of drug-likeness (QED) is 0.589. The van der Waals surface area contributed by atoms with Gasteiger partial charge in [0.25, 0.3) is 0 Å². The van der Waals surface area contributed by atoms with Gasteiger partial charge in [-0.05, 0) is 18.2 Å². The lowest BCUT2D eigenvalue weighted by Gasteiger charge is -2.04. The maximum atomic E-state index is 12.1. The summed E-state index contributed by atoms with van der Waals surface area (Å²) in [6.45, 7) is 0.0814. The summed E-state index contributed by atoms with van der Waals surface area (Å²) in [4.78, 5) is 28.6. The highest BCUT2D eigenvalue weighted by molar-refractivity contribution is 5.89. The third kappa shape index (κ3) is 4.01. The Labute approximate surface area is 155 Å². The van der Waals surface area contributed by atoms with Crippen molar-refractivity contribution in [3.8, 4) is 22.6 Å². The number of aromatic nitrogens is 6. The van der Waals surface area contributed by atoms with Crippen molar-refractivity contribution in [1.82, 2.24) is 29.7 Å². The van der Waals surface area contributed by atoms with E-state index in [1.54, 1.807) is 35.5 Å². The summed E-state index contributed by atoms with van der Waals surface area (Å²) in [6.07, 6.45) is 9.73. The van der Waals surface area contributed by atoms with Gasteiger partial charge in [0.1, 0.15) is 6.54 Å². The molecule has 0 atom stereocenters. The number of nitrogens with zero attached hydrogens (tertiary/aromatic N) is 6. The number of carbonyl (C=O) groups is 1. The Morgan fingerprint density at radius 3 is 2.63 bits per heavy atom. The second kappa shape index (κ2) is 7.52. The fourth-order valence-corrected chi connectivity index (χ4v) is 2.56. The molecule has 3 aromatic heterocycles. The minimum absolute atomic E-state index is 0.0814. The first-order chi connectivity index (χ1) is 13.3. The Morgan fingerprint density at radius 1 is 0.963 bits per heavy atom. The van der Waals surface area contributed by atoms with Gasteiger partial charge in [-0.3, -0.25) is 14.5 Å². The van der Waals surface area contributed by atoms with E-state index in [1.165, 1.54) is 12.4 Å². The van der Waals surface area contributed by atoms with Crippen LogP contribution < -0.4 is 5.32 Å². The molecular weight excluding hydrogens is 342 g/mol. The third-order valence-electron chi connectivity index (χ3n) is 3.76. The number of nitrogens with one attached hydrogen (secondary N) is 1. The number of hydrogen-bond donors (Lipinski definition) is 1. The van der Waals surface area contributed by atoms with E-state index in [-0.39, 0.29) is 12.5 Å². The number of carbonyl (C=O) groups excluding carboxylic acids is 1. The monoisotopic (exact) mass is 357 g/mol. The number of benzene rings is 1. The smallest absolute Gasteiger partial charge is 0.247 e. The Hall–Kier alpha value is -3.94. The van der Waals surface area contributed by atoms with Crippen LogP contribution in [0.3, 0.4) is 0 Å². The molecule has 0 radical (unpaired) electrons. The summed E-state index contributed by atoms with van der Waals surface area (Å²) in [6, 6.07) is 11.5. The van der Waals surface area contributed by atoms with Crippen molar-refractivity contribution in [3.05, 3.63) is 73.6 Å². The molecule has 0 saturated heterocycles. The van der Waals surface area contributed by atoms with E-state index < -0.39 is 0 Å². The van der Waals surface area contributed by atoms with Crippen LogP contribution in [0.4, 0.5) is 5.82 Å². The van der Waals surface area contributed by atoms with Crippen LogP contribution >= 0.6 is 0 Å². The molecule has 1 amide bonds. The van der Waals surface area contributed by atoms with Crippen LogP contribution in [0.15, 0.2) is 73.6 Å². The average molecular weight is 357 g/mol. The molecule has 0 fully saturated rings. The van der Waals surface area contributed by atoms with E-state index in [1.807, 2.05) is 30.3 Å². The Morgan fingerprint density at radius 2 is 1.81 bits per heavy atom. The normalized spacial score (nSPS) is 10.5. The molecule has 4 rings (SSSR count). The van der Waals surface area contributed by atoms with Crippen molar-refractivity contribution in [1.29, 1.82) is 0 Å². The lowest BCUT2D eigenvalue weighted by atomic mass is 10.1. The molecule has 0 bridgehead atoms. The first kappa shape index (κ1) is 16.5. The lowest BCUT2D eigenvalue weighted by molar-refractivity contribution is -0.116. The summed E-state index contributed by atoms with van der Waals surface area (Å²) in [5.74, 6) is 0.837. The van der Waals surface area contributed by atoms with E-state index in [2.05, 4.69) is 30.4 Å². The van der Waals surface area contributed by atoms with Crippen molar-refractivity contribution in [2.75, 3.05) is 5.32 Å². The van der Waals surface area contributed by atoms with Crippen molar-refractivity contribution >= 4 is 11.7 Å². The zero-order valence-corrected chi connectivity index (χ0v) is 14.2. The van der Waals surface area contributed by atoms with Crippen molar-refractivity contribution in [2.24, 2.45) is 0 Å². The predicted octanol–water partition coefficient (Wildman–Crippen LogP) is 2.44. The van der Waals surface area contributed by atoms with Crippen LogP contribution in [-0.2, 0) is 11.3 Å². The molecule has 8 heteroatoms. The van der Waals surface area contributed by atoms with Crippen LogP contribution in [0, 0.1) is 0 Å². The first-order valence-corrected chi connectivity index (χ1v) is 8.25. The van der Waals surface area contributed by atoms with Crippen LogP contribution in [0.1, 0.15) is 0 Å². The maximum Gasteiger partial charge on any atom is 0.247 e. The molecular formula is C19H15N7O. The molecule has 0 spiro atoms. The predicted molar refractivity (Wildman–Crippen MR) is 99.4 cm³/mol. The van der Waals surface area contributed by atoms with Gasteiger partial charge in [0.15, 0.2) is 11.6 Å². The fraction of sp³-hybridized carbons (Fsp3) is 0.0526. The molecule has 1 N–H and O–H groups in total. The summed E-state index contributed by atoms with van der Waals surface area (Å²) in [5.41, 5.74) is 2.59. The highest BCUT2D eigenvalue weighted by Gasteiger charge is 2.09. The van der Waals surface area contributed by atoms with Gasteiger partial charge in [0.2, 0.25) is 5.91 Å². The topological polar surface area (TPSA) is 98.5 Å². The van der Waals surface area contributed by atoms with Gasteiger partial charge in [-0.2, -0.15) is 5.10 Å². The maximum absolute atomic E-state index is 12.1. The summed E-state index contributed by atoms with van der Waals surface area (Å²) in [5, 5.41) is 7.16. The molecule has 0 aliphatic rings. The van der Waals surface area contributed by atoms with Gasteiger partial charge in [-0.25, -0.2) is 15.0 Å². The minimum atomic E-state index is -0.225. The van der Waals surface area contributed by atoms with Crippen molar-refractivity contribution in [2.45, 2.75) is 6.54 Å². The number of anilines is 1. The number of rotatable bonds is 5. The Bertz CT molecular complexity index is 1050. The molecule has 1 aromatic carbocycles. The van der Waals surface area contributed by atoms with Crippen molar-refractivity contribution < 1.29 is 4.79 Å². The highest BCUT2D eigenvalue weighted by atomic mass is 16.2. The molecule has 27 heavy (non-hydrogen) atoms. The van der Waals surface area contributed by atoms with Crippen LogP contribution in [0.5, 0.6) is 0 Å². The molecule has 0 aliphatic carbocycles. The molecule has 4 aromatic rings. The third-order valence-corrected chi connectivity index (χ3v) is 3.76. The summed E-state index contributed by atoms with van der Waals surface area (Å²) in [7, 11) is 0. The standard InChI is InChI=1S/C19H15N7O/c27-18(24-17-12-20-8-9-21-17)13-26-10-5-16(25-26)14-3-1-4-15(11-14)19-22-6-2-7-23-19/h1-12H,13H2,(H,21,24,27). The van der Waals surface area contributed by atoms with E-state index >= 15 is 0 Å². The zero-order valence-electron chi connectivity index (χ0n) is 14.2. The number of hydrogen-bond acceptors (Lipinski definition) is 6. The van der Waals surface area contributed by atoms with Gasteiger partial charge in [0, 0.05) is 42.1 Å².